The summed E-state index contributed by atoms with van der Waals surface area (Å²) in [7, 11) is 0. The van der Waals surface area contributed by atoms with Crippen molar-refractivity contribution in [1.29, 1.82) is 0 Å². The van der Waals surface area contributed by atoms with E-state index in [0.29, 0.717) is 14.2 Å². The summed E-state index contributed by atoms with van der Waals surface area (Å²) in [5.41, 5.74) is 3.74. The van der Waals surface area contributed by atoms with Crippen molar-refractivity contribution in [2.75, 3.05) is 4.90 Å². The Labute approximate surface area is 150 Å². The molecule has 0 bridgehead atoms. The molecule has 0 saturated carbocycles. The van der Waals surface area contributed by atoms with Gasteiger partial charge in [-0.3, -0.25) is 9.69 Å². The highest BCUT2D eigenvalue weighted by Gasteiger charge is 2.34. The molecule has 23 heavy (non-hydrogen) atoms. The third-order valence-electron chi connectivity index (χ3n) is 3.65. The molecule has 3 rings (SSSR count). The van der Waals surface area contributed by atoms with E-state index in [9.17, 15) is 4.79 Å². The molecule has 0 aromatic heterocycles. The highest BCUT2D eigenvalue weighted by atomic mass is 35.5. The van der Waals surface area contributed by atoms with Gasteiger partial charge in [-0.05, 0) is 42.7 Å². The first-order valence-corrected chi connectivity index (χ1v) is 8.68. The zero-order valence-corrected chi connectivity index (χ0v) is 15.1. The average Bonchev–Trinajstić information content (AvgIpc) is 2.77. The topological polar surface area (TPSA) is 20.3 Å². The minimum atomic E-state index is -0.0997. The van der Waals surface area contributed by atoms with Gasteiger partial charge < -0.3 is 0 Å². The summed E-state index contributed by atoms with van der Waals surface area (Å²) in [5, 5.41) is 0.616. The molecular formula is C18H14ClNOS2. The SMILES string of the molecule is Cc1cccc(C)c1N1C(=O)/C(=C/c2ccccc2Cl)SC1=S. The van der Waals surface area contributed by atoms with Crippen LogP contribution in [-0.2, 0) is 4.79 Å². The van der Waals surface area contributed by atoms with Gasteiger partial charge >= 0.3 is 0 Å². The summed E-state index contributed by atoms with van der Waals surface area (Å²) in [6.07, 6.45) is 1.80. The summed E-state index contributed by atoms with van der Waals surface area (Å²) >= 11 is 12.9. The molecule has 1 saturated heterocycles. The van der Waals surface area contributed by atoms with Crippen molar-refractivity contribution in [3.05, 3.63) is 69.1 Å². The number of hydrogen-bond donors (Lipinski definition) is 0. The molecule has 0 unspecified atom stereocenters. The molecule has 0 N–H and O–H groups in total. The second-order valence-corrected chi connectivity index (χ2v) is 7.36. The molecular weight excluding hydrogens is 346 g/mol. The van der Waals surface area contributed by atoms with E-state index in [-0.39, 0.29) is 5.91 Å². The number of carbonyl (C=O) groups is 1. The predicted octanol–water partition coefficient (Wildman–Crippen LogP) is 5.36. The van der Waals surface area contributed by atoms with Crippen LogP contribution >= 0.6 is 35.6 Å². The minimum absolute atomic E-state index is 0.0997. The fourth-order valence-electron chi connectivity index (χ4n) is 2.55. The van der Waals surface area contributed by atoms with E-state index in [1.165, 1.54) is 11.8 Å². The number of halogens is 1. The number of nitrogens with zero attached hydrogens (tertiary/aromatic N) is 1. The zero-order chi connectivity index (χ0) is 16.6. The molecule has 0 aliphatic carbocycles. The quantitative estimate of drug-likeness (QED) is 0.531. The van der Waals surface area contributed by atoms with Gasteiger partial charge in [0.05, 0.1) is 10.6 Å². The summed E-state index contributed by atoms with van der Waals surface area (Å²) in [4.78, 5) is 15.0. The first kappa shape index (κ1) is 16.2. The van der Waals surface area contributed by atoms with Crippen LogP contribution in [0.1, 0.15) is 16.7 Å². The fraction of sp³-hybridized carbons (Fsp3) is 0.111. The lowest BCUT2D eigenvalue weighted by molar-refractivity contribution is -0.113. The maximum Gasteiger partial charge on any atom is 0.270 e. The number of anilines is 1. The second-order valence-electron chi connectivity index (χ2n) is 5.28. The molecule has 1 heterocycles. The van der Waals surface area contributed by atoms with Gasteiger partial charge in [-0.25, -0.2) is 0 Å². The summed E-state index contributed by atoms with van der Waals surface area (Å²) in [6.45, 7) is 3.97. The van der Waals surface area contributed by atoms with Crippen LogP contribution in [0.4, 0.5) is 5.69 Å². The van der Waals surface area contributed by atoms with Gasteiger partial charge in [-0.1, -0.05) is 72.0 Å². The van der Waals surface area contributed by atoms with E-state index >= 15 is 0 Å². The van der Waals surface area contributed by atoms with Gasteiger partial charge in [0.15, 0.2) is 4.32 Å². The summed E-state index contributed by atoms with van der Waals surface area (Å²) in [6, 6.07) is 13.4. The van der Waals surface area contributed by atoms with E-state index in [2.05, 4.69) is 0 Å². The van der Waals surface area contributed by atoms with Crippen molar-refractivity contribution in [3.8, 4) is 0 Å². The van der Waals surface area contributed by atoms with E-state index in [1.807, 2.05) is 50.2 Å². The van der Waals surface area contributed by atoms with Gasteiger partial charge in [0, 0.05) is 5.02 Å². The minimum Gasteiger partial charge on any atom is -0.268 e. The van der Waals surface area contributed by atoms with Crippen LogP contribution < -0.4 is 4.90 Å². The Morgan fingerprint density at radius 1 is 1.09 bits per heavy atom. The van der Waals surface area contributed by atoms with Crippen LogP contribution in [0.15, 0.2) is 47.4 Å². The van der Waals surface area contributed by atoms with Gasteiger partial charge in [0.25, 0.3) is 5.91 Å². The Morgan fingerprint density at radius 2 is 1.74 bits per heavy atom. The van der Waals surface area contributed by atoms with E-state index < -0.39 is 0 Å². The van der Waals surface area contributed by atoms with E-state index in [0.717, 1.165) is 22.4 Å². The van der Waals surface area contributed by atoms with E-state index in [1.54, 1.807) is 17.0 Å². The Balaban J connectivity index is 2.03. The number of thiocarbonyl (C=S) groups is 1. The summed E-state index contributed by atoms with van der Waals surface area (Å²) < 4.78 is 0.547. The molecule has 0 spiro atoms. The zero-order valence-electron chi connectivity index (χ0n) is 12.7. The Bertz CT molecular complexity index is 824. The maximum atomic E-state index is 12.8. The molecule has 2 nitrogen and oxygen atoms in total. The number of amides is 1. The Morgan fingerprint density at radius 3 is 2.39 bits per heavy atom. The van der Waals surface area contributed by atoms with Crippen LogP contribution in [0, 0.1) is 13.8 Å². The average molecular weight is 360 g/mol. The third-order valence-corrected chi connectivity index (χ3v) is 5.29. The Kier molecular flexibility index (Phi) is 4.57. The van der Waals surface area contributed by atoms with Gasteiger partial charge in [-0.15, -0.1) is 0 Å². The lowest BCUT2D eigenvalue weighted by Gasteiger charge is -2.19. The highest BCUT2D eigenvalue weighted by Crippen LogP contribution is 2.39. The van der Waals surface area contributed by atoms with Crippen LogP contribution in [0.25, 0.3) is 6.08 Å². The standard InChI is InChI=1S/C18H14ClNOS2/c1-11-6-5-7-12(2)16(11)20-17(21)15(23-18(20)22)10-13-8-3-4-9-14(13)19/h3-10H,1-2H3/b15-10-. The fourth-order valence-corrected chi connectivity index (χ4v) is 4.00. The predicted molar refractivity (Wildman–Crippen MR) is 103 cm³/mol. The number of para-hydroxylation sites is 1. The molecule has 0 atom stereocenters. The first-order valence-electron chi connectivity index (χ1n) is 7.08. The Hall–Kier alpha value is -1.62. The van der Waals surface area contributed by atoms with Crippen LogP contribution in [-0.4, -0.2) is 10.2 Å². The smallest absolute Gasteiger partial charge is 0.268 e. The number of hydrogen-bond acceptors (Lipinski definition) is 3. The normalized spacial score (nSPS) is 16.5. The molecule has 116 valence electrons. The van der Waals surface area contributed by atoms with Crippen molar-refractivity contribution in [2.45, 2.75) is 13.8 Å². The number of benzene rings is 2. The van der Waals surface area contributed by atoms with Crippen molar-refractivity contribution in [2.24, 2.45) is 0 Å². The molecule has 1 aliphatic rings. The molecule has 2 aromatic rings. The lowest BCUT2D eigenvalue weighted by Crippen LogP contribution is -2.29. The molecule has 5 heteroatoms. The number of aryl methyl sites for hydroxylation is 2. The monoisotopic (exact) mass is 359 g/mol. The molecule has 1 amide bonds. The number of rotatable bonds is 2. The van der Waals surface area contributed by atoms with Gasteiger partial charge in [0.1, 0.15) is 0 Å². The van der Waals surface area contributed by atoms with Crippen molar-refractivity contribution < 1.29 is 4.79 Å². The molecule has 2 aromatic carbocycles. The number of carbonyl (C=O) groups excluding carboxylic acids is 1. The lowest BCUT2D eigenvalue weighted by atomic mass is 10.1. The molecule has 0 radical (unpaired) electrons. The highest BCUT2D eigenvalue weighted by molar-refractivity contribution is 8.27. The third kappa shape index (κ3) is 3.07. The molecule has 1 fully saturated rings. The van der Waals surface area contributed by atoms with Crippen molar-refractivity contribution in [3.63, 3.8) is 0 Å². The first-order chi connectivity index (χ1) is 11.0. The van der Waals surface area contributed by atoms with Crippen LogP contribution in [0.3, 0.4) is 0 Å². The largest absolute Gasteiger partial charge is 0.270 e. The van der Waals surface area contributed by atoms with Crippen LogP contribution in [0.5, 0.6) is 0 Å². The molecule has 1 aliphatic heterocycles. The number of thioether (sulfide) groups is 1. The van der Waals surface area contributed by atoms with Crippen LogP contribution in [0.2, 0.25) is 5.02 Å². The second kappa shape index (κ2) is 6.48. The van der Waals surface area contributed by atoms with Crippen molar-refractivity contribution in [1.82, 2.24) is 0 Å². The van der Waals surface area contributed by atoms with Gasteiger partial charge in [-0.2, -0.15) is 0 Å². The summed E-state index contributed by atoms with van der Waals surface area (Å²) in [5.74, 6) is -0.0997. The van der Waals surface area contributed by atoms with Crippen molar-refractivity contribution >= 4 is 57.6 Å². The van der Waals surface area contributed by atoms with E-state index in [4.69, 9.17) is 23.8 Å². The maximum absolute atomic E-state index is 12.8. The van der Waals surface area contributed by atoms with Gasteiger partial charge in [0.2, 0.25) is 0 Å².